The Labute approximate surface area is 274 Å². The number of ketones is 1. The Balaban J connectivity index is 1.86. The van der Waals surface area contributed by atoms with Gasteiger partial charge in [0.25, 0.3) is 0 Å². The van der Waals surface area contributed by atoms with Crippen molar-refractivity contribution < 1.29 is 49.5 Å². The second-order valence-electron chi connectivity index (χ2n) is 13.1. The average Bonchev–Trinajstić information content (AvgIpc) is 3.58. The van der Waals surface area contributed by atoms with E-state index in [0.29, 0.717) is 44.3 Å². The number of hydrogen-bond donors (Lipinski definition) is 9. The van der Waals surface area contributed by atoms with Crippen molar-refractivity contribution in [3.8, 4) is 0 Å². The zero-order valence-corrected chi connectivity index (χ0v) is 26.9. The molecule has 3 aliphatic heterocycles. The van der Waals surface area contributed by atoms with Crippen molar-refractivity contribution in [2.75, 3.05) is 0 Å². The molecule has 0 saturated carbocycles. The van der Waals surface area contributed by atoms with Crippen molar-refractivity contribution in [2.24, 2.45) is 10.8 Å². The topological polar surface area (TPSA) is 242 Å². The highest BCUT2D eigenvalue weighted by molar-refractivity contribution is 6.09. The van der Waals surface area contributed by atoms with E-state index in [9.17, 15) is 49.5 Å². The van der Waals surface area contributed by atoms with Gasteiger partial charge in [-0.25, -0.2) is 0 Å². The molecule has 48 heavy (non-hydrogen) atoms. The van der Waals surface area contributed by atoms with Gasteiger partial charge in [0.05, 0.1) is 41.1 Å². The largest absolute Gasteiger partial charge is 0.509 e. The van der Waals surface area contributed by atoms with Gasteiger partial charge in [-0.2, -0.15) is 0 Å². The third-order valence-electron chi connectivity index (χ3n) is 9.71. The third kappa shape index (κ3) is 6.00. The van der Waals surface area contributed by atoms with Gasteiger partial charge in [-0.15, -0.1) is 0 Å². The average molecular weight is 663 g/mol. The molecule has 3 aliphatic rings. The van der Waals surface area contributed by atoms with E-state index in [2.05, 4.69) is 20.6 Å². The smallest absolute Gasteiger partial charge is 0.304 e. The highest BCUT2D eigenvalue weighted by Crippen LogP contribution is 2.44. The van der Waals surface area contributed by atoms with Gasteiger partial charge in [0.1, 0.15) is 5.76 Å². The number of nitrogens with one attached hydrogen (secondary N) is 4. The number of fused-ring (bicyclic) bond motifs is 8. The molecule has 0 spiro atoms. The van der Waals surface area contributed by atoms with Gasteiger partial charge in [-0.05, 0) is 87.1 Å². The van der Waals surface area contributed by atoms with E-state index in [0.717, 1.165) is 0 Å². The van der Waals surface area contributed by atoms with Crippen molar-refractivity contribution in [2.45, 2.75) is 72.3 Å². The van der Waals surface area contributed by atoms with Crippen LogP contribution < -0.4 is 21.3 Å². The molecule has 9 N–H and O–H groups in total. The number of allylic oxidation sites excluding steroid dienone is 3. The van der Waals surface area contributed by atoms with E-state index in [-0.39, 0.29) is 48.5 Å². The van der Waals surface area contributed by atoms with E-state index >= 15 is 0 Å². The first-order chi connectivity index (χ1) is 22.4. The van der Waals surface area contributed by atoms with Crippen molar-refractivity contribution in [1.29, 1.82) is 0 Å². The molecule has 5 heterocycles. The molecule has 14 nitrogen and oxygen atoms in total. The molecule has 1 saturated heterocycles. The summed E-state index contributed by atoms with van der Waals surface area (Å²) >= 11 is 0. The lowest BCUT2D eigenvalue weighted by Gasteiger charge is -2.28. The quantitative estimate of drug-likeness (QED) is 0.177. The normalized spacial score (nSPS) is 26.6. The molecular formula is C34H38N4O10. The number of aliphatic hydroxyl groups excluding tert-OH is 1. The van der Waals surface area contributed by atoms with Crippen molar-refractivity contribution in [3.05, 3.63) is 73.3 Å². The van der Waals surface area contributed by atoms with Crippen LogP contribution >= 0.6 is 0 Å². The van der Waals surface area contributed by atoms with Crippen molar-refractivity contribution in [1.82, 2.24) is 20.6 Å². The fourth-order valence-electron chi connectivity index (χ4n) is 6.85. The number of hydrogen-bond acceptors (Lipinski definition) is 8. The number of aromatic nitrogens is 2. The van der Waals surface area contributed by atoms with Crippen LogP contribution in [-0.2, 0) is 36.8 Å². The number of carboxylic acids is 4. The molecule has 0 amide bonds. The maximum Gasteiger partial charge on any atom is 0.304 e. The number of H-pyrrole nitrogens is 2. The van der Waals surface area contributed by atoms with Crippen LogP contribution in [0.4, 0.5) is 0 Å². The van der Waals surface area contributed by atoms with Crippen LogP contribution in [0, 0.1) is 24.7 Å². The summed E-state index contributed by atoms with van der Waals surface area (Å²) in [6, 6.07) is -0.811. The van der Waals surface area contributed by atoms with Crippen LogP contribution in [0.5, 0.6) is 0 Å². The summed E-state index contributed by atoms with van der Waals surface area (Å²) in [5.41, 5.74) is 1.11. The molecular weight excluding hydrogens is 624 g/mol. The van der Waals surface area contributed by atoms with E-state index in [1.165, 1.54) is 19.1 Å². The van der Waals surface area contributed by atoms with Crippen LogP contribution in [0.3, 0.4) is 0 Å². The Morgan fingerprint density at radius 2 is 1.40 bits per heavy atom. The van der Waals surface area contributed by atoms with E-state index in [1.54, 1.807) is 32.9 Å². The van der Waals surface area contributed by atoms with Crippen LogP contribution in [0.2, 0.25) is 0 Å². The van der Waals surface area contributed by atoms with Gasteiger partial charge in [-0.3, -0.25) is 24.0 Å². The van der Waals surface area contributed by atoms with Crippen molar-refractivity contribution in [3.63, 3.8) is 0 Å². The molecule has 0 aromatic carbocycles. The van der Waals surface area contributed by atoms with Crippen molar-refractivity contribution >= 4 is 47.9 Å². The zero-order valence-electron chi connectivity index (χ0n) is 26.9. The second kappa shape index (κ2) is 12.2. The van der Waals surface area contributed by atoms with Crippen LogP contribution in [0.25, 0.3) is 18.2 Å². The molecule has 0 radical (unpaired) electrons. The second-order valence-corrected chi connectivity index (χ2v) is 13.1. The predicted octanol–water partition coefficient (Wildman–Crippen LogP) is 1.72. The van der Waals surface area contributed by atoms with Crippen LogP contribution in [-0.4, -0.2) is 71.2 Å². The Hall–Kier alpha value is -5.53. The molecule has 0 aliphatic carbocycles. The monoisotopic (exact) mass is 662 g/mol. The SMILES string of the molecule is Cc1c2[nH]c(c1CCC(=O)O)/C=c1\[nH]/c(c(C)c1CCC(=O)O)=C\C1NC(=C(O)[C@]1(C)CC(=O)O)/C=C1\N/C(=C\2)C(=O)[C@]1(C)CC(=O)O. The first-order valence-corrected chi connectivity index (χ1v) is 15.4. The first-order valence-electron chi connectivity index (χ1n) is 15.4. The van der Waals surface area contributed by atoms with Gasteiger partial charge in [0.15, 0.2) is 5.78 Å². The summed E-state index contributed by atoms with van der Waals surface area (Å²) < 4.78 is 0. The lowest BCUT2D eigenvalue weighted by atomic mass is 9.78. The summed E-state index contributed by atoms with van der Waals surface area (Å²) in [5, 5.41) is 57.4. The lowest BCUT2D eigenvalue weighted by Crippen LogP contribution is -2.39. The van der Waals surface area contributed by atoms with Gasteiger partial charge in [0.2, 0.25) is 0 Å². The summed E-state index contributed by atoms with van der Waals surface area (Å²) in [4.78, 5) is 67.7. The molecule has 1 fully saturated rings. The lowest BCUT2D eigenvalue weighted by molar-refractivity contribution is -0.141. The number of aromatic amines is 2. The maximum atomic E-state index is 13.9. The summed E-state index contributed by atoms with van der Waals surface area (Å²) in [7, 11) is 0. The number of rotatable bonds is 10. The minimum absolute atomic E-state index is 0.0624. The Morgan fingerprint density at radius 3 is 2.00 bits per heavy atom. The molecule has 254 valence electrons. The highest BCUT2D eigenvalue weighted by atomic mass is 16.4. The highest BCUT2D eigenvalue weighted by Gasteiger charge is 2.50. The molecule has 8 bridgehead atoms. The van der Waals surface area contributed by atoms with Gasteiger partial charge < -0.3 is 46.1 Å². The van der Waals surface area contributed by atoms with Crippen LogP contribution in [0.15, 0.2) is 28.9 Å². The van der Waals surface area contributed by atoms with Crippen LogP contribution in [0.1, 0.15) is 73.2 Å². The number of Topliss-reactive ketones (excluding diaryl/α,β-unsaturated/α-hetero) is 1. The molecule has 1 unspecified atom stereocenters. The maximum absolute atomic E-state index is 13.9. The number of carbonyl (C=O) groups excluding carboxylic acids is 1. The van der Waals surface area contributed by atoms with Gasteiger partial charge >= 0.3 is 23.9 Å². The fraction of sp³-hybridized carbons (Fsp3) is 0.382. The molecule has 2 aromatic heterocycles. The predicted molar refractivity (Wildman–Crippen MR) is 172 cm³/mol. The van der Waals surface area contributed by atoms with E-state index in [4.69, 9.17) is 0 Å². The summed E-state index contributed by atoms with van der Waals surface area (Å²) in [5.74, 6) is -5.23. The molecule has 3 atom stereocenters. The molecule has 14 heteroatoms. The van der Waals surface area contributed by atoms with Gasteiger partial charge in [0, 0.05) is 40.6 Å². The number of carbonyl (C=O) groups is 5. The Kier molecular flexibility index (Phi) is 8.63. The number of aliphatic hydroxyl groups is 1. The Bertz CT molecular complexity index is 1990. The third-order valence-corrected chi connectivity index (χ3v) is 9.71. The molecule has 2 aromatic rings. The Morgan fingerprint density at radius 1 is 0.771 bits per heavy atom. The summed E-state index contributed by atoms with van der Waals surface area (Å²) in [6.07, 6.45) is 5.33. The fourth-order valence-corrected chi connectivity index (χ4v) is 6.85. The minimum Gasteiger partial charge on any atom is -0.509 e. The summed E-state index contributed by atoms with van der Waals surface area (Å²) in [6.45, 7) is 6.63. The number of aliphatic carboxylic acids is 4. The van der Waals surface area contributed by atoms with Gasteiger partial charge in [-0.1, -0.05) is 0 Å². The van der Waals surface area contributed by atoms with E-state index < -0.39 is 59.4 Å². The minimum atomic E-state index is -1.57. The number of carboxylic acid groups (broad SMARTS) is 4. The first kappa shape index (κ1) is 33.8. The zero-order chi connectivity index (χ0) is 35.3. The van der Waals surface area contributed by atoms with E-state index in [1.807, 2.05) is 0 Å². The standard InChI is InChI=1S/C34H38N4O10/c1-15-17(5-7-27(39)40)21-10-22-18(6-8-28(41)42)16(2)20(36-22)11-25-33(3,13-29(43)44)32(48)24(38-25)12-26-34(4,14-30(45)46)31(47)23(37-26)9-19(15)35-21/h9-12,25,35-38,48H,5-8,13-14H2,1-4H3,(H,39,40)(H,41,42)(H,43,44)(H,45,46)/b20-11-,22-10-,23-9-,26-12-/t25?,33-,34-/m1/s1. The molecule has 5 rings (SSSR count).